The molecule has 1 aromatic heterocycles. The molecule has 4 heteroatoms. The van der Waals surface area contributed by atoms with Gasteiger partial charge in [0.15, 0.2) is 0 Å². The van der Waals surface area contributed by atoms with Crippen LogP contribution in [-0.4, -0.2) is 6.54 Å². The van der Waals surface area contributed by atoms with Crippen LogP contribution >= 0.6 is 27.3 Å². The molecule has 19 heavy (non-hydrogen) atoms. The highest BCUT2D eigenvalue weighted by Gasteiger charge is 2.14. The molecule has 1 N–H and O–H groups in total. The quantitative estimate of drug-likeness (QED) is 0.785. The van der Waals surface area contributed by atoms with E-state index in [1.807, 2.05) is 6.07 Å². The molecule has 0 bridgehead atoms. The predicted molar refractivity (Wildman–Crippen MR) is 83.2 cm³/mol. The molecule has 2 aromatic rings. The van der Waals surface area contributed by atoms with Gasteiger partial charge in [0.25, 0.3) is 0 Å². The number of hydrogen-bond acceptors (Lipinski definition) is 2. The van der Waals surface area contributed by atoms with Crippen molar-refractivity contribution in [2.45, 2.75) is 25.8 Å². The number of benzene rings is 1. The van der Waals surface area contributed by atoms with Gasteiger partial charge < -0.3 is 5.32 Å². The zero-order valence-corrected chi connectivity index (χ0v) is 13.2. The molecule has 1 atom stereocenters. The monoisotopic (exact) mass is 341 g/mol. The van der Waals surface area contributed by atoms with E-state index in [0.717, 1.165) is 29.4 Å². The molecule has 0 spiro atoms. The molecular formula is C15H17BrFNS. The summed E-state index contributed by atoms with van der Waals surface area (Å²) in [6.07, 6.45) is 1.94. The summed E-state index contributed by atoms with van der Waals surface area (Å²) in [5.41, 5.74) is 1.01. The van der Waals surface area contributed by atoms with Crippen LogP contribution in [0.25, 0.3) is 0 Å². The number of rotatable bonds is 6. The second-order valence-corrected chi connectivity index (χ2v) is 6.31. The van der Waals surface area contributed by atoms with E-state index in [1.54, 1.807) is 23.5 Å². The summed E-state index contributed by atoms with van der Waals surface area (Å²) in [7, 11) is 0. The summed E-state index contributed by atoms with van der Waals surface area (Å²) in [4.78, 5) is 1.29. The van der Waals surface area contributed by atoms with Crippen molar-refractivity contribution in [1.29, 1.82) is 0 Å². The molecule has 2 rings (SSSR count). The SMILES string of the molecule is CCCNC(Cc1sccc1Br)c1cccc(F)c1. The van der Waals surface area contributed by atoms with Crippen LogP contribution in [0.4, 0.5) is 4.39 Å². The first kappa shape index (κ1) is 14.7. The lowest BCUT2D eigenvalue weighted by molar-refractivity contribution is 0.526. The van der Waals surface area contributed by atoms with Gasteiger partial charge in [-0.2, -0.15) is 0 Å². The van der Waals surface area contributed by atoms with Crippen molar-refractivity contribution < 1.29 is 4.39 Å². The predicted octanol–water partition coefficient (Wildman–Crippen LogP) is 4.93. The minimum atomic E-state index is -0.175. The molecule has 1 unspecified atom stereocenters. The standard InChI is InChI=1S/C15H17BrFNS/c1-2-7-18-14(10-15-13(16)6-8-19-15)11-4-3-5-12(17)9-11/h3-6,8-9,14,18H,2,7,10H2,1H3. The fraction of sp³-hybridized carbons (Fsp3) is 0.333. The van der Waals surface area contributed by atoms with E-state index >= 15 is 0 Å². The molecule has 0 aliphatic heterocycles. The fourth-order valence-corrected chi connectivity index (χ4v) is 3.57. The number of nitrogens with one attached hydrogen (secondary N) is 1. The van der Waals surface area contributed by atoms with Crippen LogP contribution in [-0.2, 0) is 6.42 Å². The molecule has 1 aromatic carbocycles. The van der Waals surface area contributed by atoms with Gasteiger partial charge in [0.1, 0.15) is 5.82 Å². The Balaban J connectivity index is 2.18. The summed E-state index contributed by atoms with van der Waals surface area (Å²) in [5, 5.41) is 5.57. The molecule has 0 saturated carbocycles. The van der Waals surface area contributed by atoms with E-state index in [2.05, 4.69) is 39.6 Å². The normalized spacial score (nSPS) is 12.6. The summed E-state index contributed by atoms with van der Waals surface area (Å²) >= 11 is 5.29. The lowest BCUT2D eigenvalue weighted by Crippen LogP contribution is -2.24. The largest absolute Gasteiger partial charge is 0.310 e. The van der Waals surface area contributed by atoms with Crippen LogP contribution < -0.4 is 5.32 Å². The van der Waals surface area contributed by atoms with Gasteiger partial charge in [-0.3, -0.25) is 0 Å². The second kappa shape index (κ2) is 7.17. The van der Waals surface area contributed by atoms with Crippen molar-refractivity contribution in [3.05, 3.63) is 56.4 Å². The van der Waals surface area contributed by atoms with Gasteiger partial charge in [-0.05, 0) is 58.0 Å². The summed E-state index contributed by atoms with van der Waals surface area (Å²) in [5.74, 6) is -0.175. The average Bonchev–Trinajstić information content (AvgIpc) is 2.80. The lowest BCUT2D eigenvalue weighted by Gasteiger charge is -2.18. The van der Waals surface area contributed by atoms with Gasteiger partial charge in [-0.1, -0.05) is 19.1 Å². The summed E-state index contributed by atoms with van der Waals surface area (Å²) < 4.78 is 14.5. The second-order valence-electron chi connectivity index (χ2n) is 4.46. The van der Waals surface area contributed by atoms with E-state index in [9.17, 15) is 4.39 Å². The van der Waals surface area contributed by atoms with Crippen LogP contribution in [0.1, 0.15) is 29.8 Å². The van der Waals surface area contributed by atoms with E-state index < -0.39 is 0 Å². The molecule has 0 aliphatic rings. The number of halogens is 2. The summed E-state index contributed by atoms with van der Waals surface area (Å²) in [6, 6.07) is 9.08. The van der Waals surface area contributed by atoms with Crippen molar-refractivity contribution >= 4 is 27.3 Å². The Hall–Kier alpha value is -0.710. The van der Waals surface area contributed by atoms with E-state index in [1.165, 1.54) is 10.9 Å². The number of hydrogen-bond donors (Lipinski definition) is 1. The zero-order valence-electron chi connectivity index (χ0n) is 10.8. The van der Waals surface area contributed by atoms with Crippen molar-refractivity contribution in [2.24, 2.45) is 0 Å². The maximum atomic E-state index is 13.4. The minimum Gasteiger partial charge on any atom is -0.310 e. The Kier molecular flexibility index (Phi) is 5.55. The third kappa shape index (κ3) is 4.13. The van der Waals surface area contributed by atoms with Gasteiger partial charge in [0.05, 0.1) is 0 Å². The molecule has 1 nitrogen and oxygen atoms in total. The molecule has 0 radical (unpaired) electrons. The van der Waals surface area contributed by atoms with Crippen LogP contribution in [0.2, 0.25) is 0 Å². The van der Waals surface area contributed by atoms with E-state index in [-0.39, 0.29) is 11.9 Å². The highest BCUT2D eigenvalue weighted by molar-refractivity contribution is 9.10. The van der Waals surface area contributed by atoms with Crippen LogP contribution in [0, 0.1) is 5.82 Å². The first-order valence-corrected chi connectivity index (χ1v) is 8.08. The van der Waals surface area contributed by atoms with Gasteiger partial charge >= 0.3 is 0 Å². The minimum absolute atomic E-state index is 0.158. The molecule has 102 valence electrons. The van der Waals surface area contributed by atoms with E-state index in [4.69, 9.17) is 0 Å². The lowest BCUT2D eigenvalue weighted by atomic mass is 10.0. The highest BCUT2D eigenvalue weighted by Crippen LogP contribution is 2.28. The Morgan fingerprint density at radius 2 is 2.21 bits per heavy atom. The molecule has 0 aliphatic carbocycles. The maximum absolute atomic E-state index is 13.4. The van der Waals surface area contributed by atoms with E-state index in [0.29, 0.717) is 0 Å². The van der Waals surface area contributed by atoms with Gasteiger partial charge in [0, 0.05) is 21.8 Å². The smallest absolute Gasteiger partial charge is 0.123 e. The van der Waals surface area contributed by atoms with Crippen molar-refractivity contribution in [1.82, 2.24) is 5.32 Å². The Bertz CT molecular complexity index is 526. The molecule has 1 heterocycles. The number of thiophene rings is 1. The molecule has 0 saturated heterocycles. The van der Waals surface area contributed by atoms with Crippen LogP contribution in [0.3, 0.4) is 0 Å². The van der Waals surface area contributed by atoms with Gasteiger partial charge in [0.2, 0.25) is 0 Å². The Morgan fingerprint density at radius 1 is 1.37 bits per heavy atom. The topological polar surface area (TPSA) is 12.0 Å². The molecule has 0 amide bonds. The first-order chi connectivity index (χ1) is 9.20. The Morgan fingerprint density at radius 3 is 2.84 bits per heavy atom. The average molecular weight is 342 g/mol. The highest BCUT2D eigenvalue weighted by atomic mass is 79.9. The molecule has 0 fully saturated rings. The van der Waals surface area contributed by atoms with Crippen molar-refractivity contribution in [2.75, 3.05) is 6.54 Å². The molecular weight excluding hydrogens is 325 g/mol. The van der Waals surface area contributed by atoms with Gasteiger partial charge in [-0.15, -0.1) is 11.3 Å². The van der Waals surface area contributed by atoms with Crippen LogP contribution in [0.15, 0.2) is 40.2 Å². The third-order valence-corrected chi connectivity index (χ3v) is 4.92. The zero-order chi connectivity index (χ0) is 13.7. The van der Waals surface area contributed by atoms with Crippen LogP contribution in [0.5, 0.6) is 0 Å². The third-order valence-electron chi connectivity index (χ3n) is 2.97. The summed E-state index contributed by atoms with van der Waals surface area (Å²) in [6.45, 7) is 3.07. The van der Waals surface area contributed by atoms with Crippen molar-refractivity contribution in [3.8, 4) is 0 Å². The fourth-order valence-electron chi connectivity index (χ4n) is 2.01. The van der Waals surface area contributed by atoms with Gasteiger partial charge in [-0.25, -0.2) is 4.39 Å². The first-order valence-electron chi connectivity index (χ1n) is 6.41. The van der Waals surface area contributed by atoms with Crippen molar-refractivity contribution in [3.63, 3.8) is 0 Å². The maximum Gasteiger partial charge on any atom is 0.123 e. The Labute approximate surface area is 126 Å².